The molecule has 158 valence electrons. The third-order valence-electron chi connectivity index (χ3n) is 6.64. The lowest BCUT2D eigenvalue weighted by atomic mass is 9.91. The summed E-state index contributed by atoms with van der Waals surface area (Å²) in [7, 11) is 0. The Bertz CT molecular complexity index is 280. The van der Waals surface area contributed by atoms with E-state index < -0.39 is 0 Å². The molecule has 0 atom stereocenters. The molecule has 1 N–H and O–H groups in total. The molecule has 0 bridgehead atoms. The molecular formula is C24H51NO. The molecule has 0 heterocycles. The molecular weight excluding hydrogens is 318 g/mol. The van der Waals surface area contributed by atoms with Gasteiger partial charge in [-0.1, -0.05) is 78.6 Å². The van der Waals surface area contributed by atoms with Crippen LogP contribution in [0.1, 0.15) is 130 Å². The summed E-state index contributed by atoms with van der Waals surface area (Å²) in [5, 5.41) is 0. The maximum Gasteiger partial charge on any atom is 0.0890 e. The lowest BCUT2D eigenvalue weighted by Crippen LogP contribution is -2.57. The fourth-order valence-corrected chi connectivity index (χ4v) is 5.32. The molecule has 0 amide bonds. The first-order valence-electron chi connectivity index (χ1n) is 12.1. The third kappa shape index (κ3) is 10.3. The summed E-state index contributed by atoms with van der Waals surface area (Å²) in [4.78, 5) is 0. The van der Waals surface area contributed by atoms with Gasteiger partial charge in [0.2, 0.25) is 0 Å². The third-order valence-corrected chi connectivity index (χ3v) is 6.64. The fraction of sp³-hybridized carbons (Fsp3) is 1.00. The van der Waals surface area contributed by atoms with E-state index in [-0.39, 0.29) is 5.48 Å². The van der Waals surface area contributed by atoms with Crippen molar-refractivity contribution >= 4 is 0 Å². The highest BCUT2D eigenvalue weighted by Crippen LogP contribution is 2.30. The van der Waals surface area contributed by atoms with E-state index in [1.54, 1.807) is 0 Å². The van der Waals surface area contributed by atoms with Crippen LogP contribution >= 0.6 is 0 Å². The minimum Gasteiger partial charge on any atom is -0.870 e. The second-order valence-corrected chi connectivity index (χ2v) is 8.86. The lowest BCUT2D eigenvalue weighted by molar-refractivity contribution is -0.952. The Hall–Kier alpha value is -0.0800. The summed E-state index contributed by atoms with van der Waals surface area (Å²) in [6, 6.07) is 0.993. The Kier molecular flexibility index (Phi) is 17.0. The first-order chi connectivity index (χ1) is 12.3. The van der Waals surface area contributed by atoms with Crippen molar-refractivity contribution in [1.29, 1.82) is 0 Å². The van der Waals surface area contributed by atoms with E-state index in [0.29, 0.717) is 0 Å². The molecule has 0 aromatic carbocycles. The van der Waals surface area contributed by atoms with E-state index in [2.05, 4.69) is 20.8 Å². The molecule has 2 nitrogen and oxygen atoms in total. The van der Waals surface area contributed by atoms with Crippen LogP contribution in [0.4, 0.5) is 0 Å². The molecule has 26 heavy (non-hydrogen) atoms. The molecule has 2 heteroatoms. The molecule has 0 saturated heterocycles. The van der Waals surface area contributed by atoms with Crippen molar-refractivity contribution in [3.05, 3.63) is 0 Å². The van der Waals surface area contributed by atoms with Gasteiger partial charge in [-0.05, 0) is 51.4 Å². The van der Waals surface area contributed by atoms with E-state index in [1.807, 2.05) is 0 Å². The average Bonchev–Trinajstić information content (AvgIpc) is 2.64. The van der Waals surface area contributed by atoms with E-state index in [0.717, 1.165) is 6.04 Å². The number of quaternary nitrogens is 1. The van der Waals surface area contributed by atoms with Crippen molar-refractivity contribution in [2.75, 3.05) is 19.6 Å². The summed E-state index contributed by atoms with van der Waals surface area (Å²) in [6.45, 7) is 11.5. The maximum absolute atomic E-state index is 2.41. The first kappa shape index (κ1) is 25.9. The molecule has 1 saturated carbocycles. The van der Waals surface area contributed by atoms with Crippen molar-refractivity contribution in [3.63, 3.8) is 0 Å². The number of hydrogen-bond donors (Lipinski definition) is 0. The van der Waals surface area contributed by atoms with E-state index >= 15 is 0 Å². The molecule has 1 fully saturated rings. The van der Waals surface area contributed by atoms with Crippen molar-refractivity contribution in [1.82, 2.24) is 0 Å². The normalized spacial score (nSPS) is 15.8. The Balaban J connectivity index is 0.00000625. The Morgan fingerprint density at radius 2 is 1.00 bits per heavy atom. The van der Waals surface area contributed by atoms with Gasteiger partial charge in [0.1, 0.15) is 0 Å². The van der Waals surface area contributed by atoms with E-state index in [9.17, 15) is 0 Å². The molecule has 0 aliphatic heterocycles. The highest BCUT2D eigenvalue weighted by Gasteiger charge is 2.35. The molecule has 1 rings (SSSR count). The minimum absolute atomic E-state index is 0. The van der Waals surface area contributed by atoms with E-state index in [1.165, 1.54) is 133 Å². The van der Waals surface area contributed by atoms with Gasteiger partial charge in [-0.3, -0.25) is 0 Å². The number of rotatable bonds is 16. The molecule has 0 aromatic rings. The zero-order valence-corrected chi connectivity index (χ0v) is 18.6. The average molecular weight is 370 g/mol. The Morgan fingerprint density at radius 1 is 0.538 bits per heavy atom. The zero-order chi connectivity index (χ0) is 18.2. The van der Waals surface area contributed by atoms with Gasteiger partial charge in [-0.15, -0.1) is 0 Å². The fourth-order valence-electron chi connectivity index (χ4n) is 5.32. The molecule has 0 aromatic heterocycles. The van der Waals surface area contributed by atoms with Crippen molar-refractivity contribution in [2.45, 2.75) is 136 Å². The number of hydrogen-bond acceptors (Lipinski definition) is 1. The molecule has 0 radical (unpaired) electrons. The summed E-state index contributed by atoms with van der Waals surface area (Å²) >= 11 is 0. The van der Waals surface area contributed by atoms with Crippen LogP contribution in [0, 0.1) is 0 Å². The Morgan fingerprint density at radius 3 is 1.46 bits per heavy atom. The van der Waals surface area contributed by atoms with E-state index in [4.69, 9.17) is 0 Å². The minimum atomic E-state index is 0. The van der Waals surface area contributed by atoms with Gasteiger partial charge >= 0.3 is 0 Å². The molecule has 1 aliphatic rings. The quantitative estimate of drug-likeness (QED) is 0.202. The molecule has 0 unspecified atom stereocenters. The van der Waals surface area contributed by atoms with Gasteiger partial charge in [0.05, 0.1) is 25.7 Å². The van der Waals surface area contributed by atoms with Gasteiger partial charge in [0, 0.05) is 0 Å². The summed E-state index contributed by atoms with van der Waals surface area (Å²) in [5.41, 5.74) is 0. The number of unbranched alkanes of at least 4 members (excludes halogenated alkanes) is 9. The summed E-state index contributed by atoms with van der Waals surface area (Å²) in [5.74, 6) is 0. The van der Waals surface area contributed by atoms with Crippen molar-refractivity contribution in [2.24, 2.45) is 0 Å². The monoisotopic (exact) mass is 369 g/mol. The molecule has 0 spiro atoms. The van der Waals surface area contributed by atoms with Gasteiger partial charge in [-0.25, -0.2) is 0 Å². The topological polar surface area (TPSA) is 30.0 Å². The SMILES string of the molecule is CCCCCCCCCCCC[N+](CCC)(CCC)C1CCCCC1.[OH-]. The predicted octanol–water partition coefficient (Wildman–Crippen LogP) is 7.70. The summed E-state index contributed by atoms with van der Waals surface area (Å²) in [6.07, 6.45) is 24.9. The smallest absolute Gasteiger partial charge is 0.0890 e. The van der Waals surface area contributed by atoms with Gasteiger partial charge in [-0.2, -0.15) is 0 Å². The van der Waals surface area contributed by atoms with Crippen LogP contribution in [0.5, 0.6) is 0 Å². The second-order valence-electron chi connectivity index (χ2n) is 8.86. The van der Waals surface area contributed by atoms with Gasteiger partial charge in [0.25, 0.3) is 0 Å². The van der Waals surface area contributed by atoms with Crippen LogP contribution < -0.4 is 0 Å². The standard InChI is InChI=1S/C24H50N.H2O/c1-4-7-8-9-10-11-12-13-14-18-23-25(21-5-2,22-6-3)24-19-16-15-17-20-24;/h24H,4-23H2,1-3H3;1H2/q+1;/p-1. The number of nitrogens with zero attached hydrogens (tertiary/aromatic N) is 1. The van der Waals surface area contributed by atoms with Gasteiger partial charge in [0.15, 0.2) is 0 Å². The Labute approximate surface area is 166 Å². The van der Waals surface area contributed by atoms with Crippen molar-refractivity contribution < 1.29 is 9.96 Å². The van der Waals surface area contributed by atoms with Crippen LogP contribution in [0.2, 0.25) is 0 Å². The van der Waals surface area contributed by atoms with Crippen molar-refractivity contribution in [3.8, 4) is 0 Å². The van der Waals surface area contributed by atoms with Crippen LogP contribution in [0.3, 0.4) is 0 Å². The van der Waals surface area contributed by atoms with Crippen LogP contribution in [0.15, 0.2) is 0 Å². The predicted molar refractivity (Wildman–Crippen MR) is 116 cm³/mol. The highest BCUT2D eigenvalue weighted by molar-refractivity contribution is 4.68. The zero-order valence-electron chi connectivity index (χ0n) is 18.6. The first-order valence-corrected chi connectivity index (χ1v) is 12.1. The van der Waals surface area contributed by atoms with Crippen LogP contribution in [0.25, 0.3) is 0 Å². The molecule has 1 aliphatic carbocycles. The highest BCUT2D eigenvalue weighted by atomic mass is 16.0. The lowest BCUT2D eigenvalue weighted by Gasteiger charge is -2.47. The second kappa shape index (κ2) is 17.0. The largest absolute Gasteiger partial charge is 0.870 e. The van der Waals surface area contributed by atoms with Gasteiger partial charge < -0.3 is 9.96 Å². The summed E-state index contributed by atoms with van der Waals surface area (Å²) < 4.78 is 1.48. The van der Waals surface area contributed by atoms with Crippen LogP contribution in [-0.4, -0.2) is 35.6 Å². The van der Waals surface area contributed by atoms with Crippen LogP contribution in [-0.2, 0) is 0 Å². The maximum atomic E-state index is 2.41.